The van der Waals surface area contributed by atoms with E-state index in [-0.39, 0.29) is 43.2 Å². The molecule has 0 spiro atoms. The van der Waals surface area contributed by atoms with Crippen molar-refractivity contribution in [2.75, 3.05) is 5.32 Å². The van der Waals surface area contributed by atoms with Crippen LogP contribution < -0.4 is 11.1 Å². The lowest BCUT2D eigenvalue weighted by atomic mass is 10.0. The molecule has 7 heteroatoms. The van der Waals surface area contributed by atoms with E-state index in [1.54, 1.807) is 0 Å². The molecule has 0 saturated carbocycles. The van der Waals surface area contributed by atoms with Crippen molar-refractivity contribution < 1.29 is 4.79 Å². The normalized spacial score (nSPS) is 11.3. The number of fused-ring (bicyclic) bond motifs is 1. The van der Waals surface area contributed by atoms with E-state index >= 15 is 0 Å². The lowest BCUT2D eigenvalue weighted by Crippen LogP contribution is -2.20. The van der Waals surface area contributed by atoms with Gasteiger partial charge in [0.15, 0.2) is 0 Å². The van der Waals surface area contributed by atoms with Crippen LogP contribution >= 0.6 is 24.8 Å². The molecule has 4 N–H and O–H groups in total. The third kappa shape index (κ3) is 6.24. The van der Waals surface area contributed by atoms with E-state index < -0.39 is 0 Å². The van der Waals surface area contributed by atoms with Crippen LogP contribution in [-0.4, -0.2) is 15.9 Å². The number of halogens is 2. The number of aromatic nitrogens is 2. The summed E-state index contributed by atoms with van der Waals surface area (Å²) in [5.74, 6) is 0.896. The Morgan fingerprint density at radius 3 is 2.63 bits per heavy atom. The maximum Gasteiger partial charge on any atom is 0.226 e. The predicted molar refractivity (Wildman–Crippen MR) is 116 cm³/mol. The van der Waals surface area contributed by atoms with Crippen molar-refractivity contribution in [3.8, 4) is 0 Å². The molecule has 3 rings (SSSR count). The van der Waals surface area contributed by atoms with Gasteiger partial charge in [0.25, 0.3) is 0 Å². The van der Waals surface area contributed by atoms with Gasteiger partial charge in [0.1, 0.15) is 5.82 Å². The van der Waals surface area contributed by atoms with Crippen molar-refractivity contribution in [3.63, 3.8) is 0 Å². The molecule has 5 nitrogen and oxygen atoms in total. The van der Waals surface area contributed by atoms with Crippen molar-refractivity contribution >= 4 is 47.4 Å². The number of imidazole rings is 1. The minimum absolute atomic E-state index is 0. The number of unbranched alkanes of at least 4 members (excludes halogenated alkanes) is 1. The van der Waals surface area contributed by atoms with Gasteiger partial charge < -0.3 is 16.0 Å². The van der Waals surface area contributed by atoms with Gasteiger partial charge in [0.05, 0.1) is 11.0 Å². The number of rotatable bonds is 7. The first-order valence-corrected chi connectivity index (χ1v) is 8.74. The highest BCUT2D eigenvalue weighted by molar-refractivity contribution is 5.93. The molecule has 2 aromatic carbocycles. The van der Waals surface area contributed by atoms with Crippen LogP contribution in [0.5, 0.6) is 0 Å². The van der Waals surface area contributed by atoms with Gasteiger partial charge in [-0.1, -0.05) is 43.7 Å². The maximum absolute atomic E-state index is 12.3. The fourth-order valence-electron chi connectivity index (χ4n) is 2.83. The topological polar surface area (TPSA) is 83.8 Å². The van der Waals surface area contributed by atoms with Crippen molar-refractivity contribution in [2.24, 2.45) is 5.73 Å². The van der Waals surface area contributed by atoms with Crippen LogP contribution in [0.1, 0.15) is 43.6 Å². The molecule has 27 heavy (non-hydrogen) atoms. The summed E-state index contributed by atoms with van der Waals surface area (Å²) in [6.45, 7) is 2.16. The molecule has 3 aromatic rings. The summed E-state index contributed by atoms with van der Waals surface area (Å²) in [7, 11) is 0. The van der Waals surface area contributed by atoms with Crippen LogP contribution in [-0.2, 0) is 11.2 Å². The minimum atomic E-state index is -0.308. The third-order valence-electron chi connectivity index (χ3n) is 4.21. The highest BCUT2D eigenvalue weighted by Gasteiger charge is 2.12. The minimum Gasteiger partial charge on any atom is -0.342 e. The van der Waals surface area contributed by atoms with E-state index in [1.165, 1.54) is 0 Å². The number of amides is 1. The summed E-state index contributed by atoms with van der Waals surface area (Å²) in [5, 5.41) is 2.92. The lowest BCUT2D eigenvalue weighted by Gasteiger charge is -2.12. The van der Waals surface area contributed by atoms with Crippen LogP contribution in [0.15, 0.2) is 48.5 Å². The van der Waals surface area contributed by atoms with Crippen molar-refractivity contribution in [2.45, 2.75) is 38.6 Å². The first kappa shape index (κ1) is 23.0. The van der Waals surface area contributed by atoms with Gasteiger partial charge in [-0.25, -0.2) is 4.98 Å². The van der Waals surface area contributed by atoms with Crippen molar-refractivity contribution in [1.82, 2.24) is 9.97 Å². The van der Waals surface area contributed by atoms with Gasteiger partial charge in [-0.15, -0.1) is 24.8 Å². The first-order valence-electron chi connectivity index (χ1n) is 8.74. The summed E-state index contributed by atoms with van der Waals surface area (Å²) >= 11 is 0. The standard InChI is InChI=1S/C20H24N4O.2ClH/c1-2-3-9-19-23-17-11-10-15(12-18(17)24-19)22-20(25)13-16(21)14-7-5-4-6-8-14;;/h4-8,10-12,16H,2-3,9,13,21H2,1H3,(H,22,25)(H,23,24);2*1H. The Balaban J connectivity index is 0.00000182. The number of hydrogen-bond acceptors (Lipinski definition) is 3. The number of benzene rings is 2. The fraction of sp³-hybridized carbons (Fsp3) is 0.300. The second kappa shape index (κ2) is 10.9. The smallest absolute Gasteiger partial charge is 0.226 e. The van der Waals surface area contributed by atoms with Gasteiger partial charge >= 0.3 is 0 Å². The summed E-state index contributed by atoms with van der Waals surface area (Å²) in [4.78, 5) is 20.2. The van der Waals surface area contributed by atoms with Gasteiger partial charge in [-0.05, 0) is 30.2 Å². The van der Waals surface area contributed by atoms with E-state index in [4.69, 9.17) is 5.73 Å². The Kier molecular flexibility index (Phi) is 9.29. The van der Waals surface area contributed by atoms with E-state index in [2.05, 4.69) is 22.2 Å². The highest BCUT2D eigenvalue weighted by Crippen LogP contribution is 2.19. The van der Waals surface area contributed by atoms with Gasteiger partial charge in [-0.3, -0.25) is 4.79 Å². The number of nitrogens with two attached hydrogens (primary N) is 1. The average molecular weight is 409 g/mol. The summed E-state index contributed by atoms with van der Waals surface area (Å²) in [6, 6.07) is 15.1. The van der Waals surface area contributed by atoms with Gasteiger partial charge in [0, 0.05) is 24.6 Å². The Morgan fingerprint density at radius 1 is 1.19 bits per heavy atom. The number of hydrogen-bond donors (Lipinski definition) is 3. The zero-order valence-electron chi connectivity index (χ0n) is 15.3. The second-order valence-electron chi connectivity index (χ2n) is 6.29. The van der Waals surface area contributed by atoms with Crippen LogP contribution in [0.2, 0.25) is 0 Å². The summed E-state index contributed by atoms with van der Waals surface area (Å²) in [5.41, 5.74) is 9.69. The molecule has 1 heterocycles. The molecule has 1 atom stereocenters. The fourth-order valence-corrected chi connectivity index (χ4v) is 2.83. The zero-order chi connectivity index (χ0) is 17.6. The molecule has 0 aliphatic heterocycles. The van der Waals surface area contributed by atoms with E-state index in [1.807, 2.05) is 48.5 Å². The Bertz CT molecular complexity index is 852. The maximum atomic E-state index is 12.3. The van der Waals surface area contributed by atoms with Gasteiger partial charge in [0.2, 0.25) is 5.91 Å². The molecule has 1 aromatic heterocycles. The number of anilines is 1. The number of aromatic amines is 1. The number of nitrogens with zero attached hydrogens (tertiary/aromatic N) is 1. The molecule has 1 amide bonds. The van der Waals surface area contributed by atoms with Crippen LogP contribution in [0.4, 0.5) is 5.69 Å². The summed E-state index contributed by atoms with van der Waals surface area (Å²) < 4.78 is 0. The molecule has 0 saturated heterocycles. The molecular formula is C20H26Cl2N4O. The highest BCUT2D eigenvalue weighted by atomic mass is 35.5. The molecule has 0 aliphatic rings. The summed E-state index contributed by atoms with van der Waals surface area (Å²) in [6.07, 6.45) is 3.44. The molecule has 1 unspecified atom stereocenters. The van der Waals surface area contributed by atoms with Crippen molar-refractivity contribution in [1.29, 1.82) is 0 Å². The first-order chi connectivity index (χ1) is 12.2. The average Bonchev–Trinajstić information content (AvgIpc) is 3.02. The predicted octanol–water partition coefficient (Wildman–Crippen LogP) is 4.78. The molecule has 0 fully saturated rings. The quantitative estimate of drug-likeness (QED) is 0.525. The van der Waals surface area contributed by atoms with E-state index in [0.717, 1.165) is 47.4 Å². The monoisotopic (exact) mass is 408 g/mol. The van der Waals surface area contributed by atoms with Crippen molar-refractivity contribution in [3.05, 3.63) is 59.9 Å². The molecule has 0 radical (unpaired) electrons. The zero-order valence-corrected chi connectivity index (χ0v) is 16.9. The van der Waals surface area contributed by atoms with Crippen LogP contribution in [0.25, 0.3) is 11.0 Å². The lowest BCUT2D eigenvalue weighted by molar-refractivity contribution is -0.116. The number of carbonyl (C=O) groups excluding carboxylic acids is 1. The number of aryl methyl sites for hydroxylation is 1. The number of carbonyl (C=O) groups is 1. The van der Waals surface area contributed by atoms with E-state index in [9.17, 15) is 4.79 Å². The molecule has 0 bridgehead atoms. The number of nitrogens with one attached hydrogen (secondary N) is 2. The van der Waals surface area contributed by atoms with E-state index in [0.29, 0.717) is 0 Å². The largest absolute Gasteiger partial charge is 0.342 e. The Morgan fingerprint density at radius 2 is 1.93 bits per heavy atom. The Labute approximate surface area is 172 Å². The Hall–Kier alpha value is -2.08. The molecule has 146 valence electrons. The molecular weight excluding hydrogens is 383 g/mol. The third-order valence-corrected chi connectivity index (χ3v) is 4.21. The number of H-pyrrole nitrogens is 1. The van der Waals surface area contributed by atoms with Crippen LogP contribution in [0.3, 0.4) is 0 Å². The SMILES string of the molecule is CCCCc1nc2ccc(NC(=O)CC(N)c3ccccc3)cc2[nH]1.Cl.Cl. The second-order valence-corrected chi connectivity index (χ2v) is 6.29. The van der Waals surface area contributed by atoms with Crippen LogP contribution in [0, 0.1) is 0 Å². The molecule has 0 aliphatic carbocycles. The van der Waals surface area contributed by atoms with Gasteiger partial charge in [-0.2, -0.15) is 0 Å².